The third-order valence-corrected chi connectivity index (χ3v) is 5.46. The van der Waals surface area contributed by atoms with E-state index < -0.39 is 0 Å². The number of benzene rings is 2. The first-order valence-corrected chi connectivity index (χ1v) is 10.1. The van der Waals surface area contributed by atoms with Crippen molar-refractivity contribution >= 4 is 46.5 Å². The van der Waals surface area contributed by atoms with Gasteiger partial charge >= 0.3 is 0 Å². The van der Waals surface area contributed by atoms with Gasteiger partial charge in [0.15, 0.2) is 5.82 Å². The van der Waals surface area contributed by atoms with Crippen LogP contribution in [0.1, 0.15) is 21.6 Å². The molecule has 4 aromatic rings. The fraction of sp³-hybridized carbons (Fsp3) is 0.0952. The first kappa shape index (κ1) is 20.5. The second-order valence-corrected chi connectivity index (χ2v) is 7.98. The lowest BCUT2D eigenvalue weighted by atomic mass is 10.1. The van der Waals surface area contributed by atoms with Gasteiger partial charge in [0.25, 0.3) is 5.91 Å². The van der Waals surface area contributed by atoms with E-state index in [2.05, 4.69) is 20.6 Å². The lowest BCUT2D eigenvalue weighted by Gasteiger charge is -2.04. The third kappa shape index (κ3) is 4.51. The van der Waals surface area contributed by atoms with Gasteiger partial charge in [-0.2, -0.15) is 10.2 Å². The minimum Gasteiger partial charge on any atom is -0.302 e. The largest absolute Gasteiger partial charge is 0.302 e. The van der Waals surface area contributed by atoms with Crippen LogP contribution in [0.5, 0.6) is 0 Å². The zero-order chi connectivity index (χ0) is 21.3. The summed E-state index contributed by atoms with van der Waals surface area (Å²) in [4.78, 5) is 12.6. The first-order valence-electron chi connectivity index (χ1n) is 9.00. The molecule has 2 aromatic heterocycles. The van der Waals surface area contributed by atoms with Crippen LogP contribution < -0.4 is 5.32 Å². The maximum atomic E-state index is 12.6. The van der Waals surface area contributed by atoms with E-state index in [9.17, 15) is 4.79 Å². The number of nitrogens with one attached hydrogen (secondary N) is 2. The number of carbonyl (C=O) groups is 1. The first-order chi connectivity index (χ1) is 14.4. The fourth-order valence-electron chi connectivity index (χ4n) is 2.87. The molecule has 2 N–H and O–H groups in total. The van der Waals surface area contributed by atoms with Gasteiger partial charge in [0.2, 0.25) is 0 Å². The molecule has 0 saturated heterocycles. The van der Waals surface area contributed by atoms with Crippen LogP contribution in [0.15, 0.2) is 54.7 Å². The summed E-state index contributed by atoms with van der Waals surface area (Å²) in [5.41, 5.74) is 3.95. The van der Waals surface area contributed by atoms with Crippen LogP contribution in [0.2, 0.25) is 15.1 Å². The quantitative estimate of drug-likeness (QED) is 0.393. The Kier molecular flexibility index (Phi) is 5.81. The molecule has 0 unspecified atom stereocenters. The van der Waals surface area contributed by atoms with E-state index >= 15 is 0 Å². The molecule has 9 heteroatoms. The maximum Gasteiger partial charge on any atom is 0.274 e. The zero-order valence-electron chi connectivity index (χ0n) is 15.8. The van der Waals surface area contributed by atoms with Crippen LogP contribution in [0.3, 0.4) is 0 Å². The number of anilines is 1. The van der Waals surface area contributed by atoms with Gasteiger partial charge in [0, 0.05) is 11.8 Å². The van der Waals surface area contributed by atoms with Crippen molar-refractivity contribution in [2.75, 3.05) is 5.32 Å². The predicted molar refractivity (Wildman–Crippen MR) is 120 cm³/mol. The van der Waals surface area contributed by atoms with Gasteiger partial charge in [-0.05, 0) is 30.7 Å². The van der Waals surface area contributed by atoms with Crippen LogP contribution in [0.25, 0.3) is 11.3 Å². The Morgan fingerprint density at radius 2 is 1.80 bits per heavy atom. The van der Waals surface area contributed by atoms with E-state index in [0.29, 0.717) is 33.0 Å². The van der Waals surface area contributed by atoms with Gasteiger partial charge in [-0.15, -0.1) is 0 Å². The van der Waals surface area contributed by atoms with E-state index in [1.807, 2.05) is 37.3 Å². The standard InChI is InChI=1S/C21H16Cl3N5O/c1-12-2-5-14(6-3-12)18-9-19(27-26-18)21(30)25-20-17(24)11-29(28-20)10-13-4-7-15(22)16(23)8-13/h2-9,11H,10H2,1H3,(H,26,27)(H,25,28,30). The number of aryl methyl sites for hydroxylation is 1. The molecule has 152 valence electrons. The number of carbonyl (C=O) groups excluding carboxylic acids is 1. The number of hydrogen-bond acceptors (Lipinski definition) is 3. The second-order valence-electron chi connectivity index (χ2n) is 6.76. The molecule has 0 fully saturated rings. The summed E-state index contributed by atoms with van der Waals surface area (Å²) in [6, 6.07) is 14.9. The lowest BCUT2D eigenvalue weighted by Crippen LogP contribution is -2.13. The molecule has 6 nitrogen and oxygen atoms in total. The zero-order valence-corrected chi connectivity index (χ0v) is 18.1. The van der Waals surface area contributed by atoms with Crippen LogP contribution in [-0.4, -0.2) is 25.9 Å². The summed E-state index contributed by atoms with van der Waals surface area (Å²) in [6.07, 6.45) is 1.63. The molecule has 2 heterocycles. The number of aromatic nitrogens is 4. The smallest absolute Gasteiger partial charge is 0.274 e. The average molecular weight is 461 g/mol. The summed E-state index contributed by atoms with van der Waals surface area (Å²) >= 11 is 18.2. The van der Waals surface area contributed by atoms with Gasteiger partial charge in [-0.25, -0.2) is 0 Å². The van der Waals surface area contributed by atoms with E-state index in [1.165, 1.54) is 0 Å². The van der Waals surface area contributed by atoms with Crippen molar-refractivity contribution in [1.82, 2.24) is 20.0 Å². The Morgan fingerprint density at radius 1 is 1.03 bits per heavy atom. The number of rotatable bonds is 5. The van der Waals surface area contributed by atoms with E-state index in [1.54, 1.807) is 29.1 Å². The summed E-state index contributed by atoms with van der Waals surface area (Å²) in [5, 5.41) is 15.3. The van der Waals surface area contributed by atoms with Crippen molar-refractivity contribution < 1.29 is 4.79 Å². The second kappa shape index (κ2) is 8.52. The maximum absolute atomic E-state index is 12.6. The van der Waals surface area contributed by atoms with Gasteiger partial charge in [-0.3, -0.25) is 14.6 Å². The molecular weight excluding hydrogens is 445 g/mol. The molecule has 0 spiro atoms. The molecule has 30 heavy (non-hydrogen) atoms. The average Bonchev–Trinajstić information content (AvgIpc) is 3.33. The Morgan fingerprint density at radius 3 is 2.53 bits per heavy atom. The summed E-state index contributed by atoms with van der Waals surface area (Å²) in [6.45, 7) is 2.44. The lowest BCUT2D eigenvalue weighted by molar-refractivity contribution is 0.102. The topological polar surface area (TPSA) is 75.6 Å². The van der Waals surface area contributed by atoms with Crippen molar-refractivity contribution in [3.05, 3.63) is 86.6 Å². The Hall–Kier alpha value is -2.80. The van der Waals surface area contributed by atoms with E-state index in [0.717, 1.165) is 16.7 Å². The highest BCUT2D eigenvalue weighted by Crippen LogP contribution is 2.25. The molecular formula is C21H16Cl3N5O. The van der Waals surface area contributed by atoms with Crippen molar-refractivity contribution in [3.8, 4) is 11.3 Å². The number of hydrogen-bond donors (Lipinski definition) is 2. The van der Waals surface area contributed by atoms with Gasteiger partial charge in [-0.1, -0.05) is 70.7 Å². The van der Waals surface area contributed by atoms with Crippen molar-refractivity contribution in [2.45, 2.75) is 13.5 Å². The van der Waals surface area contributed by atoms with Crippen molar-refractivity contribution in [2.24, 2.45) is 0 Å². The summed E-state index contributed by atoms with van der Waals surface area (Å²) < 4.78 is 1.61. The van der Waals surface area contributed by atoms with Crippen LogP contribution >= 0.6 is 34.8 Å². The monoisotopic (exact) mass is 459 g/mol. The number of H-pyrrole nitrogens is 1. The van der Waals surface area contributed by atoms with Crippen LogP contribution in [0.4, 0.5) is 5.82 Å². The molecule has 4 rings (SSSR count). The highest BCUT2D eigenvalue weighted by atomic mass is 35.5. The predicted octanol–water partition coefficient (Wildman–Crippen LogP) is 5.84. The Balaban J connectivity index is 1.47. The number of amides is 1. The van der Waals surface area contributed by atoms with Crippen molar-refractivity contribution in [3.63, 3.8) is 0 Å². The number of aromatic amines is 1. The Bertz CT molecular complexity index is 1210. The number of nitrogens with zero attached hydrogens (tertiary/aromatic N) is 3. The van der Waals surface area contributed by atoms with Crippen LogP contribution in [-0.2, 0) is 6.54 Å². The normalized spacial score (nSPS) is 10.9. The van der Waals surface area contributed by atoms with E-state index in [-0.39, 0.29) is 11.7 Å². The molecule has 2 aromatic carbocycles. The highest BCUT2D eigenvalue weighted by Gasteiger charge is 2.15. The molecule has 0 aliphatic rings. The Labute approximate surface area is 187 Å². The molecule has 0 aliphatic carbocycles. The molecule has 0 saturated carbocycles. The summed E-state index contributed by atoms with van der Waals surface area (Å²) in [5.74, 6) is -0.129. The molecule has 1 amide bonds. The van der Waals surface area contributed by atoms with Gasteiger partial charge < -0.3 is 5.32 Å². The third-order valence-electron chi connectivity index (χ3n) is 4.45. The minimum atomic E-state index is -0.387. The molecule has 0 bridgehead atoms. The number of halogens is 3. The van der Waals surface area contributed by atoms with Gasteiger partial charge in [0.1, 0.15) is 10.7 Å². The minimum absolute atomic E-state index is 0.258. The van der Waals surface area contributed by atoms with Gasteiger partial charge in [0.05, 0.1) is 22.3 Å². The molecule has 0 aliphatic heterocycles. The SMILES string of the molecule is Cc1ccc(-c2cc(C(=O)Nc3nn(Cc4ccc(Cl)c(Cl)c4)cc3Cl)[nH]n2)cc1. The molecule has 0 radical (unpaired) electrons. The van der Waals surface area contributed by atoms with Crippen molar-refractivity contribution in [1.29, 1.82) is 0 Å². The fourth-order valence-corrected chi connectivity index (χ4v) is 3.39. The molecule has 0 atom stereocenters. The van der Waals surface area contributed by atoms with E-state index in [4.69, 9.17) is 34.8 Å². The van der Waals surface area contributed by atoms with Crippen LogP contribution in [0, 0.1) is 6.92 Å². The highest BCUT2D eigenvalue weighted by molar-refractivity contribution is 6.42. The summed E-state index contributed by atoms with van der Waals surface area (Å²) in [7, 11) is 0.